The highest BCUT2D eigenvalue weighted by Crippen LogP contribution is 2.31. The Labute approximate surface area is 158 Å². The minimum Gasteiger partial charge on any atom is -0.450 e. The van der Waals surface area contributed by atoms with E-state index in [1.54, 1.807) is 37.3 Å². The van der Waals surface area contributed by atoms with Gasteiger partial charge in [-0.1, -0.05) is 23.4 Å². The third kappa shape index (κ3) is 3.18. The van der Waals surface area contributed by atoms with Crippen LogP contribution in [0, 0.1) is 5.41 Å². The first-order chi connectivity index (χ1) is 12.5. The fourth-order valence-electron chi connectivity index (χ4n) is 2.43. The van der Waals surface area contributed by atoms with E-state index in [4.69, 9.17) is 26.3 Å². The van der Waals surface area contributed by atoms with Crippen molar-refractivity contribution in [1.82, 2.24) is 5.06 Å². The number of fused-ring (bicyclic) bond motifs is 1. The molecule has 0 unspecified atom stereocenters. The van der Waals surface area contributed by atoms with E-state index in [9.17, 15) is 4.79 Å². The molecule has 0 saturated heterocycles. The summed E-state index contributed by atoms with van der Waals surface area (Å²) >= 11 is 7.31. The highest BCUT2D eigenvalue weighted by molar-refractivity contribution is 7.99. The number of furan rings is 1. The van der Waals surface area contributed by atoms with E-state index in [1.165, 1.54) is 22.9 Å². The summed E-state index contributed by atoms with van der Waals surface area (Å²) in [6.07, 6.45) is 3.10. The van der Waals surface area contributed by atoms with Gasteiger partial charge >= 0.3 is 0 Å². The second kappa shape index (κ2) is 6.51. The molecule has 8 heteroatoms. The van der Waals surface area contributed by atoms with Gasteiger partial charge in [-0.2, -0.15) is 4.99 Å². The largest absolute Gasteiger partial charge is 0.450 e. The Morgan fingerprint density at radius 3 is 2.77 bits per heavy atom. The van der Waals surface area contributed by atoms with Crippen LogP contribution in [0.4, 0.5) is 0 Å². The number of aliphatic imine (C=N–C) groups is 1. The fraction of sp³-hybridized carbons (Fsp3) is 0.0556. The standard InChI is InChI=1S/C18H12ClN3O3S/c1-10-8-15-21-18(23)14(17(20)22(15)25-10)9-12-4-7-16(24-12)26-13-5-2-11(19)3-6-13/h2-9,20H,1H3/b14-9-,20-17?. The lowest BCUT2D eigenvalue weighted by Crippen LogP contribution is -2.38. The van der Waals surface area contributed by atoms with Gasteiger partial charge < -0.3 is 9.25 Å². The molecule has 0 aliphatic carbocycles. The molecule has 26 heavy (non-hydrogen) atoms. The Bertz CT molecular complexity index is 1000. The second-order valence-corrected chi connectivity index (χ2v) is 7.05. The van der Waals surface area contributed by atoms with Crippen LogP contribution in [-0.4, -0.2) is 22.6 Å². The van der Waals surface area contributed by atoms with Gasteiger partial charge in [-0.25, -0.2) is 0 Å². The summed E-state index contributed by atoms with van der Waals surface area (Å²) in [6, 6.07) is 10.9. The summed E-state index contributed by atoms with van der Waals surface area (Å²) in [7, 11) is 0. The maximum absolute atomic E-state index is 12.2. The SMILES string of the molecule is CC1=CC2=NC(=O)/C(=C\c3ccc(Sc4ccc(Cl)cc4)o3)C(=N)N2O1. The average Bonchev–Trinajstić information content (AvgIpc) is 3.19. The number of benzene rings is 1. The summed E-state index contributed by atoms with van der Waals surface area (Å²) in [5.41, 5.74) is 0.106. The van der Waals surface area contributed by atoms with Crippen molar-refractivity contribution < 1.29 is 14.0 Å². The van der Waals surface area contributed by atoms with Crippen molar-refractivity contribution in [1.29, 1.82) is 5.41 Å². The van der Waals surface area contributed by atoms with Crippen molar-refractivity contribution in [2.24, 2.45) is 4.99 Å². The highest BCUT2D eigenvalue weighted by atomic mass is 35.5. The molecule has 0 bridgehead atoms. The molecule has 6 nitrogen and oxygen atoms in total. The lowest BCUT2D eigenvalue weighted by atomic mass is 10.1. The van der Waals surface area contributed by atoms with E-state index in [2.05, 4.69) is 4.99 Å². The maximum Gasteiger partial charge on any atom is 0.283 e. The van der Waals surface area contributed by atoms with Crippen LogP contribution in [0.15, 0.2) is 73.2 Å². The van der Waals surface area contributed by atoms with Crippen molar-refractivity contribution in [2.75, 3.05) is 0 Å². The van der Waals surface area contributed by atoms with Gasteiger partial charge in [0.05, 0.1) is 5.57 Å². The number of rotatable bonds is 3. The van der Waals surface area contributed by atoms with Crippen molar-refractivity contribution in [3.8, 4) is 0 Å². The summed E-state index contributed by atoms with van der Waals surface area (Å²) in [5.74, 6) is 0.767. The van der Waals surface area contributed by atoms with E-state index in [1.807, 2.05) is 12.1 Å². The normalized spacial score (nSPS) is 17.9. The van der Waals surface area contributed by atoms with E-state index in [0.717, 1.165) is 4.90 Å². The van der Waals surface area contributed by atoms with Crippen LogP contribution in [0.2, 0.25) is 5.02 Å². The molecule has 0 atom stereocenters. The average molecular weight is 386 g/mol. The van der Waals surface area contributed by atoms with Crippen LogP contribution >= 0.6 is 23.4 Å². The van der Waals surface area contributed by atoms with Gasteiger partial charge in [0.15, 0.2) is 16.8 Å². The predicted molar refractivity (Wildman–Crippen MR) is 99.1 cm³/mol. The second-order valence-electron chi connectivity index (χ2n) is 5.54. The number of carbonyl (C=O) groups excluding carboxylic acids is 1. The van der Waals surface area contributed by atoms with Crippen LogP contribution in [0.5, 0.6) is 0 Å². The number of amidine groups is 2. The molecule has 0 spiro atoms. The number of carbonyl (C=O) groups is 1. The van der Waals surface area contributed by atoms with Gasteiger partial charge in [0.1, 0.15) is 11.5 Å². The molecule has 2 aliphatic heterocycles. The van der Waals surface area contributed by atoms with Crippen molar-refractivity contribution >= 4 is 47.0 Å². The number of halogens is 1. The summed E-state index contributed by atoms with van der Waals surface area (Å²) in [4.78, 5) is 22.5. The number of allylic oxidation sites excluding steroid dienone is 1. The topological polar surface area (TPSA) is 78.9 Å². The zero-order valence-corrected chi connectivity index (χ0v) is 15.1. The third-order valence-corrected chi connectivity index (χ3v) is 4.78. The Balaban J connectivity index is 1.56. The number of hydrogen-bond acceptors (Lipinski definition) is 5. The Hall–Kier alpha value is -2.77. The number of amides is 1. The maximum atomic E-state index is 12.2. The molecule has 1 N–H and O–H groups in total. The van der Waals surface area contributed by atoms with Crippen molar-refractivity contribution in [3.63, 3.8) is 0 Å². The zero-order chi connectivity index (χ0) is 18.3. The van der Waals surface area contributed by atoms with E-state index < -0.39 is 5.91 Å². The molecule has 130 valence electrons. The molecule has 2 aromatic rings. The minimum atomic E-state index is -0.501. The number of nitrogens with zero attached hydrogens (tertiary/aromatic N) is 2. The summed E-state index contributed by atoms with van der Waals surface area (Å²) in [6.45, 7) is 1.73. The van der Waals surface area contributed by atoms with Gasteiger partial charge in [-0.05, 0) is 49.4 Å². The number of hydroxylamine groups is 2. The van der Waals surface area contributed by atoms with Gasteiger partial charge in [0, 0.05) is 16.0 Å². The van der Waals surface area contributed by atoms with Crippen molar-refractivity contribution in [3.05, 3.63) is 64.6 Å². The lowest BCUT2D eigenvalue weighted by molar-refractivity contribution is -0.114. The molecular formula is C18H12ClN3O3S. The van der Waals surface area contributed by atoms with E-state index >= 15 is 0 Å². The molecule has 1 aromatic carbocycles. The molecule has 2 aliphatic rings. The highest BCUT2D eigenvalue weighted by Gasteiger charge is 2.34. The molecule has 0 saturated carbocycles. The first-order valence-corrected chi connectivity index (χ1v) is 8.82. The molecule has 4 rings (SSSR count). The monoisotopic (exact) mass is 385 g/mol. The molecule has 1 amide bonds. The van der Waals surface area contributed by atoms with Crippen LogP contribution in [0.1, 0.15) is 12.7 Å². The van der Waals surface area contributed by atoms with Gasteiger partial charge in [-0.3, -0.25) is 10.2 Å². The van der Waals surface area contributed by atoms with Gasteiger partial charge in [0.25, 0.3) is 5.91 Å². The number of hydrogen-bond donors (Lipinski definition) is 1. The fourth-order valence-corrected chi connectivity index (χ4v) is 3.33. The Morgan fingerprint density at radius 1 is 1.23 bits per heavy atom. The lowest BCUT2D eigenvalue weighted by Gasteiger charge is -2.22. The predicted octanol–water partition coefficient (Wildman–Crippen LogP) is 4.53. The zero-order valence-electron chi connectivity index (χ0n) is 13.5. The first kappa shape index (κ1) is 16.7. The van der Waals surface area contributed by atoms with Crippen molar-refractivity contribution in [2.45, 2.75) is 16.9 Å². The molecular weight excluding hydrogens is 374 g/mol. The first-order valence-electron chi connectivity index (χ1n) is 7.63. The van der Waals surface area contributed by atoms with Gasteiger partial charge in [0.2, 0.25) is 0 Å². The number of nitrogens with one attached hydrogen (secondary N) is 1. The van der Waals surface area contributed by atoms with Gasteiger partial charge in [-0.15, -0.1) is 5.06 Å². The molecule has 3 heterocycles. The molecule has 0 fully saturated rings. The van der Waals surface area contributed by atoms with Crippen LogP contribution < -0.4 is 0 Å². The van der Waals surface area contributed by atoms with Crippen LogP contribution in [-0.2, 0) is 9.63 Å². The minimum absolute atomic E-state index is 0.0728. The van der Waals surface area contributed by atoms with E-state index in [0.29, 0.717) is 27.5 Å². The third-order valence-electron chi connectivity index (χ3n) is 3.60. The smallest absolute Gasteiger partial charge is 0.283 e. The molecule has 0 radical (unpaired) electrons. The molecule has 1 aromatic heterocycles. The van der Waals surface area contributed by atoms with E-state index in [-0.39, 0.29) is 11.4 Å². The Morgan fingerprint density at radius 2 is 2.00 bits per heavy atom. The van der Waals surface area contributed by atoms with Crippen LogP contribution in [0.25, 0.3) is 6.08 Å². The quantitative estimate of drug-likeness (QED) is 0.785. The summed E-state index contributed by atoms with van der Waals surface area (Å²) < 4.78 is 5.73. The summed E-state index contributed by atoms with van der Waals surface area (Å²) in [5, 5.41) is 10.7. The Kier molecular flexibility index (Phi) is 4.18. The van der Waals surface area contributed by atoms with Crippen LogP contribution in [0.3, 0.4) is 0 Å².